The number of rotatable bonds is 5. The summed E-state index contributed by atoms with van der Waals surface area (Å²) in [5.41, 5.74) is 2.65. The van der Waals surface area contributed by atoms with Gasteiger partial charge in [0.2, 0.25) is 0 Å². The van der Waals surface area contributed by atoms with Crippen LogP contribution in [0.15, 0.2) is 42.7 Å². The van der Waals surface area contributed by atoms with Crippen molar-refractivity contribution in [3.05, 3.63) is 64.0 Å². The van der Waals surface area contributed by atoms with Gasteiger partial charge in [-0.25, -0.2) is 14.3 Å². The molecule has 0 aliphatic carbocycles. The van der Waals surface area contributed by atoms with Crippen molar-refractivity contribution < 1.29 is 4.79 Å². The third-order valence-corrected chi connectivity index (χ3v) is 4.22. The molecule has 0 aliphatic rings. The predicted octanol–water partition coefficient (Wildman–Crippen LogP) is 3.08. The summed E-state index contributed by atoms with van der Waals surface area (Å²) in [5.74, 6) is 0. The molecule has 0 bridgehead atoms. The summed E-state index contributed by atoms with van der Waals surface area (Å²) < 4.78 is 1.76. The van der Waals surface area contributed by atoms with E-state index in [9.17, 15) is 4.79 Å². The van der Waals surface area contributed by atoms with Crippen LogP contribution in [0.4, 0.5) is 4.79 Å². The van der Waals surface area contributed by atoms with Crippen LogP contribution in [0.5, 0.6) is 0 Å². The molecule has 0 atom stereocenters. The van der Waals surface area contributed by atoms with Crippen LogP contribution < -0.4 is 10.6 Å². The second kappa shape index (κ2) is 7.51. The van der Waals surface area contributed by atoms with E-state index in [1.807, 2.05) is 24.3 Å². The minimum atomic E-state index is -0.244. The number of halogens is 2. The minimum absolute atomic E-state index is 0.244. The normalized spacial score (nSPS) is 10.8. The second-order valence-electron chi connectivity index (χ2n) is 5.16. The van der Waals surface area contributed by atoms with Crippen LogP contribution in [0, 0.1) is 0 Å². The van der Waals surface area contributed by atoms with Crippen molar-refractivity contribution in [2.75, 3.05) is 6.54 Å². The lowest BCUT2D eigenvalue weighted by Crippen LogP contribution is -2.36. The Kier molecular flexibility index (Phi) is 5.17. The van der Waals surface area contributed by atoms with Crippen LogP contribution >= 0.6 is 23.2 Å². The average Bonchev–Trinajstić information content (AvgIpc) is 3.05. The lowest BCUT2D eigenvalue weighted by Gasteiger charge is -2.09. The SMILES string of the molecule is O=C(NCCc1cccc2ncnn12)NCc1ccc(Cl)c(Cl)c1. The number of nitrogens with zero attached hydrogens (tertiary/aromatic N) is 3. The maximum atomic E-state index is 11.9. The Balaban J connectivity index is 1.47. The molecule has 0 saturated carbocycles. The monoisotopic (exact) mass is 363 g/mol. The molecule has 0 aliphatic heterocycles. The average molecular weight is 364 g/mol. The van der Waals surface area contributed by atoms with Gasteiger partial charge in [-0.05, 0) is 29.8 Å². The van der Waals surface area contributed by atoms with Crippen LogP contribution in [0.25, 0.3) is 5.65 Å². The fourth-order valence-electron chi connectivity index (χ4n) is 2.29. The zero-order chi connectivity index (χ0) is 16.9. The van der Waals surface area contributed by atoms with Gasteiger partial charge in [0.15, 0.2) is 5.65 Å². The number of hydrogen-bond acceptors (Lipinski definition) is 3. The number of aromatic nitrogens is 3. The molecule has 3 aromatic rings. The highest BCUT2D eigenvalue weighted by molar-refractivity contribution is 6.42. The quantitative estimate of drug-likeness (QED) is 0.731. The molecule has 0 fully saturated rings. The largest absolute Gasteiger partial charge is 0.338 e. The number of amides is 2. The molecular formula is C16H15Cl2N5O. The summed E-state index contributed by atoms with van der Waals surface area (Å²) in [6, 6.07) is 10.8. The Morgan fingerprint density at radius 3 is 2.83 bits per heavy atom. The van der Waals surface area contributed by atoms with Gasteiger partial charge in [0.25, 0.3) is 0 Å². The summed E-state index contributed by atoms with van der Waals surface area (Å²) in [6.07, 6.45) is 2.16. The molecular weight excluding hydrogens is 349 g/mol. The Hall–Kier alpha value is -2.31. The van der Waals surface area contributed by atoms with E-state index >= 15 is 0 Å². The van der Waals surface area contributed by atoms with Gasteiger partial charge in [-0.3, -0.25) is 0 Å². The number of pyridine rings is 1. The van der Waals surface area contributed by atoms with Crippen LogP contribution in [0.2, 0.25) is 10.0 Å². The van der Waals surface area contributed by atoms with Crippen LogP contribution in [0.1, 0.15) is 11.3 Å². The molecule has 8 heteroatoms. The van der Waals surface area contributed by atoms with Crippen molar-refractivity contribution >= 4 is 34.9 Å². The summed E-state index contributed by atoms with van der Waals surface area (Å²) in [5, 5.41) is 10.7. The lowest BCUT2D eigenvalue weighted by atomic mass is 10.2. The molecule has 124 valence electrons. The standard InChI is InChI=1S/C16H15Cl2N5O/c17-13-5-4-11(8-14(13)18)9-20-16(24)19-7-6-12-2-1-3-15-21-10-22-23(12)15/h1-5,8,10H,6-7,9H2,(H2,19,20,24). The first kappa shape index (κ1) is 16.5. The molecule has 0 spiro atoms. The van der Waals surface area contributed by atoms with Gasteiger partial charge in [0.1, 0.15) is 6.33 Å². The molecule has 0 unspecified atom stereocenters. The second-order valence-corrected chi connectivity index (χ2v) is 5.97. The number of nitrogens with one attached hydrogen (secondary N) is 2. The number of carbonyl (C=O) groups excluding carboxylic acids is 1. The number of hydrogen-bond donors (Lipinski definition) is 2. The Morgan fingerprint density at radius 1 is 1.12 bits per heavy atom. The summed E-state index contributed by atoms with van der Waals surface area (Å²) in [7, 11) is 0. The van der Waals surface area contributed by atoms with E-state index in [2.05, 4.69) is 20.7 Å². The van der Waals surface area contributed by atoms with E-state index in [1.54, 1.807) is 16.6 Å². The van der Waals surface area contributed by atoms with Gasteiger partial charge in [0, 0.05) is 25.2 Å². The highest BCUT2D eigenvalue weighted by Crippen LogP contribution is 2.22. The van der Waals surface area contributed by atoms with Crippen LogP contribution in [-0.4, -0.2) is 27.2 Å². The Morgan fingerprint density at radius 2 is 2.00 bits per heavy atom. The fraction of sp³-hybridized carbons (Fsp3) is 0.188. The van der Waals surface area contributed by atoms with Crippen molar-refractivity contribution in [3.8, 4) is 0 Å². The summed E-state index contributed by atoms with van der Waals surface area (Å²) in [4.78, 5) is 16.0. The predicted molar refractivity (Wildman–Crippen MR) is 93.4 cm³/mol. The van der Waals surface area contributed by atoms with Gasteiger partial charge >= 0.3 is 6.03 Å². The van der Waals surface area contributed by atoms with Gasteiger partial charge in [-0.15, -0.1) is 0 Å². The molecule has 2 aromatic heterocycles. The van der Waals surface area contributed by atoms with Crippen LogP contribution in [-0.2, 0) is 13.0 Å². The molecule has 1 aromatic carbocycles. The third kappa shape index (κ3) is 3.96. The van der Waals surface area contributed by atoms with E-state index in [4.69, 9.17) is 23.2 Å². The van der Waals surface area contributed by atoms with Gasteiger partial charge < -0.3 is 10.6 Å². The zero-order valence-corrected chi connectivity index (χ0v) is 14.2. The first-order valence-electron chi connectivity index (χ1n) is 7.37. The molecule has 3 rings (SSSR count). The zero-order valence-electron chi connectivity index (χ0n) is 12.7. The Labute approximate surface area is 148 Å². The molecule has 0 radical (unpaired) electrons. The van der Waals surface area contributed by atoms with Gasteiger partial charge in [0.05, 0.1) is 10.0 Å². The van der Waals surface area contributed by atoms with E-state index in [1.165, 1.54) is 6.33 Å². The molecule has 2 N–H and O–H groups in total. The number of urea groups is 1. The molecule has 2 amide bonds. The topological polar surface area (TPSA) is 71.3 Å². The van der Waals surface area contributed by atoms with Crippen LogP contribution in [0.3, 0.4) is 0 Å². The fourth-order valence-corrected chi connectivity index (χ4v) is 2.61. The molecule has 6 nitrogen and oxygen atoms in total. The van der Waals surface area contributed by atoms with E-state index in [0.717, 1.165) is 16.9 Å². The third-order valence-electron chi connectivity index (χ3n) is 3.48. The van der Waals surface area contributed by atoms with Crippen molar-refractivity contribution in [2.45, 2.75) is 13.0 Å². The smallest absolute Gasteiger partial charge is 0.315 e. The number of benzene rings is 1. The minimum Gasteiger partial charge on any atom is -0.338 e. The molecule has 24 heavy (non-hydrogen) atoms. The first-order valence-corrected chi connectivity index (χ1v) is 8.12. The maximum Gasteiger partial charge on any atom is 0.315 e. The first-order chi connectivity index (χ1) is 11.6. The van der Waals surface area contributed by atoms with Crippen molar-refractivity contribution in [1.82, 2.24) is 25.2 Å². The lowest BCUT2D eigenvalue weighted by molar-refractivity contribution is 0.240. The van der Waals surface area contributed by atoms with E-state index < -0.39 is 0 Å². The number of fused-ring (bicyclic) bond motifs is 1. The highest BCUT2D eigenvalue weighted by Gasteiger charge is 2.05. The van der Waals surface area contributed by atoms with Crippen molar-refractivity contribution in [1.29, 1.82) is 0 Å². The number of carbonyl (C=O) groups is 1. The van der Waals surface area contributed by atoms with E-state index in [0.29, 0.717) is 29.6 Å². The van der Waals surface area contributed by atoms with E-state index in [-0.39, 0.29) is 6.03 Å². The molecule has 2 heterocycles. The van der Waals surface area contributed by atoms with Crippen molar-refractivity contribution in [3.63, 3.8) is 0 Å². The highest BCUT2D eigenvalue weighted by atomic mass is 35.5. The summed E-state index contributed by atoms with van der Waals surface area (Å²) >= 11 is 11.8. The van der Waals surface area contributed by atoms with Crippen molar-refractivity contribution in [2.24, 2.45) is 0 Å². The Bertz CT molecular complexity index is 865. The van der Waals surface area contributed by atoms with Gasteiger partial charge in [-0.2, -0.15) is 5.10 Å². The maximum absolute atomic E-state index is 11.9. The summed E-state index contributed by atoms with van der Waals surface area (Å²) in [6.45, 7) is 0.869. The van der Waals surface area contributed by atoms with Gasteiger partial charge in [-0.1, -0.05) is 35.3 Å². The molecule has 0 saturated heterocycles.